The van der Waals surface area contributed by atoms with Gasteiger partial charge in [-0.05, 0) is 55.0 Å². The molecule has 0 radical (unpaired) electrons. The van der Waals surface area contributed by atoms with Gasteiger partial charge in [0.15, 0.2) is 0 Å². The van der Waals surface area contributed by atoms with Crippen LogP contribution in [0.3, 0.4) is 0 Å². The van der Waals surface area contributed by atoms with E-state index < -0.39 is 5.91 Å². The highest BCUT2D eigenvalue weighted by molar-refractivity contribution is 7.13. The Kier molecular flexibility index (Phi) is 7.35. The smallest absolute Gasteiger partial charge is 0.287 e. The first-order valence-electron chi connectivity index (χ1n) is 9.68. The van der Waals surface area contributed by atoms with Crippen molar-refractivity contribution in [2.24, 2.45) is 5.10 Å². The molecule has 7 heteroatoms. The number of hydrogen-bond donors (Lipinski definition) is 2. The Hall–Kier alpha value is -3.71. The summed E-state index contributed by atoms with van der Waals surface area (Å²) < 4.78 is 0. The molecule has 1 heterocycles. The van der Waals surface area contributed by atoms with Gasteiger partial charge in [0.1, 0.15) is 5.70 Å². The molecule has 0 saturated carbocycles. The summed E-state index contributed by atoms with van der Waals surface area (Å²) in [6, 6.07) is 20.3. The van der Waals surface area contributed by atoms with Gasteiger partial charge in [-0.1, -0.05) is 30.3 Å². The highest BCUT2D eigenvalue weighted by Gasteiger charge is 2.14. The van der Waals surface area contributed by atoms with Crippen molar-refractivity contribution >= 4 is 41.1 Å². The van der Waals surface area contributed by atoms with Crippen LogP contribution in [-0.2, 0) is 4.79 Å². The fourth-order valence-corrected chi connectivity index (χ4v) is 3.46. The second-order valence-electron chi connectivity index (χ2n) is 7.01. The Morgan fingerprint density at radius 1 is 0.968 bits per heavy atom. The van der Waals surface area contributed by atoms with Crippen LogP contribution in [0.15, 0.2) is 77.5 Å². The summed E-state index contributed by atoms with van der Waals surface area (Å²) in [4.78, 5) is 29.5. The van der Waals surface area contributed by atoms with Crippen LogP contribution >= 0.6 is 11.3 Å². The van der Waals surface area contributed by atoms with Crippen LogP contribution in [-0.4, -0.2) is 32.1 Å². The summed E-state index contributed by atoms with van der Waals surface area (Å²) in [6.45, 7) is 2.00. The van der Waals surface area contributed by atoms with Crippen LogP contribution in [0.1, 0.15) is 25.7 Å². The van der Waals surface area contributed by atoms with E-state index in [4.69, 9.17) is 0 Å². The van der Waals surface area contributed by atoms with Gasteiger partial charge in [-0.2, -0.15) is 5.10 Å². The van der Waals surface area contributed by atoms with E-state index in [1.54, 1.807) is 47.9 Å². The number of nitrogens with one attached hydrogen (secondary N) is 2. The minimum Gasteiger partial charge on any atom is -0.378 e. The van der Waals surface area contributed by atoms with E-state index in [-0.39, 0.29) is 11.6 Å². The Balaban J connectivity index is 1.81. The third-order valence-electron chi connectivity index (χ3n) is 4.37. The van der Waals surface area contributed by atoms with Gasteiger partial charge in [0.2, 0.25) is 0 Å². The number of rotatable bonds is 7. The molecule has 6 nitrogen and oxygen atoms in total. The lowest BCUT2D eigenvalue weighted by Gasteiger charge is -2.12. The summed E-state index contributed by atoms with van der Waals surface area (Å²) >= 11 is 1.57. The Morgan fingerprint density at radius 3 is 2.29 bits per heavy atom. The molecule has 3 rings (SSSR count). The van der Waals surface area contributed by atoms with Crippen LogP contribution in [0.5, 0.6) is 0 Å². The topological polar surface area (TPSA) is 73.8 Å². The molecule has 2 N–H and O–H groups in total. The molecule has 0 fully saturated rings. The second kappa shape index (κ2) is 10.4. The maximum absolute atomic E-state index is 12.8. The van der Waals surface area contributed by atoms with E-state index in [0.29, 0.717) is 5.56 Å². The average molecular weight is 433 g/mol. The molecule has 3 aromatic rings. The number of anilines is 1. The minimum absolute atomic E-state index is 0.103. The molecule has 158 valence electrons. The zero-order chi connectivity index (χ0) is 22.2. The first kappa shape index (κ1) is 22.0. The van der Waals surface area contributed by atoms with E-state index >= 15 is 0 Å². The fraction of sp³-hybridized carbons (Fsp3) is 0.125. The lowest BCUT2D eigenvalue weighted by atomic mass is 10.1. The molecular weight excluding hydrogens is 408 g/mol. The number of hydrazone groups is 1. The number of aryl methyl sites for hydroxylation is 1. The fourth-order valence-electron chi connectivity index (χ4n) is 2.72. The van der Waals surface area contributed by atoms with Crippen molar-refractivity contribution in [1.29, 1.82) is 0 Å². The molecule has 0 atom stereocenters. The van der Waals surface area contributed by atoms with Crippen molar-refractivity contribution in [3.63, 3.8) is 0 Å². The van der Waals surface area contributed by atoms with Gasteiger partial charge >= 0.3 is 0 Å². The third kappa shape index (κ3) is 6.38. The molecule has 0 aliphatic carbocycles. The van der Waals surface area contributed by atoms with E-state index in [1.165, 1.54) is 0 Å². The molecule has 2 aromatic carbocycles. The molecule has 2 amide bonds. The molecule has 0 bridgehead atoms. The van der Waals surface area contributed by atoms with Crippen LogP contribution in [0, 0.1) is 6.92 Å². The predicted molar refractivity (Wildman–Crippen MR) is 127 cm³/mol. The zero-order valence-electron chi connectivity index (χ0n) is 17.6. The number of carbonyl (C=O) groups excluding carboxylic acids is 2. The largest absolute Gasteiger partial charge is 0.378 e. The van der Waals surface area contributed by atoms with E-state index in [9.17, 15) is 9.59 Å². The van der Waals surface area contributed by atoms with Crippen molar-refractivity contribution in [2.45, 2.75) is 6.92 Å². The van der Waals surface area contributed by atoms with Crippen molar-refractivity contribution < 1.29 is 9.59 Å². The van der Waals surface area contributed by atoms with Gasteiger partial charge in [0, 0.05) is 35.1 Å². The second-order valence-corrected chi connectivity index (χ2v) is 8.33. The van der Waals surface area contributed by atoms with E-state index in [2.05, 4.69) is 15.8 Å². The summed E-state index contributed by atoms with van der Waals surface area (Å²) in [5.41, 5.74) is 4.87. The monoisotopic (exact) mass is 432 g/mol. The molecule has 0 unspecified atom stereocenters. The summed E-state index contributed by atoms with van der Waals surface area (Å²) in [5.74, 6) is -0.879. The van der Waals surface area contributed by atoms with Gasteiger partial charge in [-0.15, -0.1) is 11.3 Å². The van der Waals surface area contributed by atoms with Gasteiger partial charge in [-0.25, -0.2) is 5.43 Å². The minimum atomic E-state index is -0.509. The highest BCUT2D eigenvalue weighted by Crippen LogP contribution is 2.15. The van der Waals surface area contributed by atoms with Gasteiger partial charge in [0.05, 0.1) is 6.21 Å². The quantitative estimate of drug-likeness (QED) is 0.336. The number of amides is 2. The van der Waals surface area contributed by atoms with Crippen LogP contribution in [0.25, 0.3) is 6.08 Å². The molecule has 0 aliphatic rings. The Labute approximate surface area is 185 Å². The maximum atomic E-state index is 12.8. The molecular formula is C24H24N4O2S. The standard InChI is InChI=1S/C24H24N4O2S/c1-17-9-14-21(31-17)16-25-27-24(30)22(26-23(29)19-7-5-4-6-8-19)15-18-10-12-20(13-11-18)28(2)3/h4-16H,1-3H3,(H,26,29)(H,27,30)/b22-15-,25-16+. The van der Waals surface area contributed by atoms with Gasteiger partial charge in [-0.3, -0.25) is 9.59 Å². The number of thiophene rings is 1. The summed E-state index contributed by atoms with van der Waals surface area (Å²) in [5, 5.41) is 6.72. The highest BCUT2D eigenvalue weighted by atomic mass is 32.1. The molecule has 1 aromatic heterocycles. The van der Waals surface area contributed by atoms with Crippen molar-refractivity contribution in [1.82, 2.24) is 10.7 Å². The maximum Gasteiger partial charge on any atom is 0.287 e. The normalized spacial score (nSPS) is 11.4. The summed E-state index contributed by atoms with van der Waals surface area (Å²) in [6.07, 6.45) is 3.21. The lowest BCUT2D eigenvalue weighted by Crippen LogP contribution is -2.32. The van der Waals surface area contributed by atoms with Crippen molar-refractivity contribution in [3.05, 3.63) is 93.3 Å². The Morgan fingerprint density at radius 2 is 1.68 bits per heavy atom. The predicted octanol–water partition coefficient (Wildman–Crippen LogP) is 4.04. The van der Waals surface area contributed by atoms with Crippen molar-refractivity contribution in [2.75, 3.05) is 19.0 Å². The van der Waals surface area contributed by atoms with Crippen LogP contribution in [0.2, 0.25) is 0 Å². The number of carbonyl (C=O) groups is 2. The van der Waals surface area contributed by atoms with Crippen LogP contribution in [0.4, 0.5) is 5.69 Å². The van der Waals surface area contributed by atoms with E-state index in [1.807, 2.05) is 68.4 Å². The Bertz CT molecular complexity index is 1100. The van der Waals surface area contributed by atoms with Gasteiger partial charge < -0.3 is 10.2 Å². The number of nitrogens with zero attached hydrogens (tertiary/aromatic N) is 2. The first-order chi connectivity index (χ1) is 14.9. The molecule has 0 saturated heterocycles. The van der Waals surface area contributed by atoms with E-state index in [0.717, 1.165) is 21.0 Å². The van der Waals surface area contributed by atoms with Crippen molar-refractivity contribution in [3.8, 4) is 0 Å². The number of benzene rings is 2. The summed E-state index contributed by atoms with van der Waals surface area (Å²) in [7, 11) is 3.91. The lowest BCUT2D eigenvalue weighted by molar-refractivity contribution is -0.117. The molecule has 0 spiro atoms. The van der Waals surface area contributed by atoms with Crippen LogP contribution < -0.4 is 15.6 Å². The zero-order valence-corrected chi connectivity index (χ0v) is 18.4. The van der Waals surface area contributed by atoms with Gasteiger partial charge in [0.25, 0.3) is 11.8 Å². The third-order valence-corrected chi connectivity index (χ3v) is 5.30. The molecule has 0 aliphatic heterocycles. The molecule has 31 heavy (non-hydrogen) atoms. The first-order valence-corrected chi connectivity index (χ1v) is 10.5. The average Bonchev–Trinajstić information content (AvgIpc) is 3.19. The number of hydrogen-bond acceptors (Lipinski definition) is 5. The SMILES string of the molecule is Cc1ccc(/C=N/NC(=O)/C(=C/c2ccc(N(C)C)cc2)NC(=O)c2ccccc2)s1.